The lowest BCUT2D eigenvalue weighted by Gasteiger charge is -2.16. The first-order valence-electron chi connectivity index (χ1n) is 5.04. The van der Waals surface area contributed by atoms with Crippen LogP contribution in [0.4, 0.5) is 0 Å². The Bertz CT molecular complexity index is 270. The maximum absolute atomic E-state index is 3.59. The van der Waals surface area contributed by atoms with Gasteiger partial charge in [-0.1, -0.05) is 13.8 Å². The lowest BCUT2D eigenvalue weighted by molar-refractivity contribution is 0.465. The maximum Gasteiger partial charge on any atom is 0.0337 e. The van der Waals surface area contributed by atoms with Gasteiger partial charge in [0.2, 0.25) is 0 Å². The van der Waals surface area contributed by atoms with E-state index in [1.54, 1.807) is 11.3 Å². The van der Waals surface area contributed by atoms with Crippen LogP contribution in [-0.4, -0.2) is 7.05 Å². The largest absolute Gasteiger partial charge is 0.313 e. The zero-order valence-corrected chi connectivity index (χ0v) is 11.4. The summed E-state index contributed by atoms with van der Waals surface area (Å²) < 4.78 is 1.24. The molecule has 0 saturated heterocycles. The van der Waals surface area contributed by atoms with Gasteiger partial charge in [0.25, 0.3) is 0 Å². The van der Waals surface area contributed by atoms with Gasteiger partial charge in [0.15, 0.2) is 0 Å². The lowest BCUT2D eigenvalue weighted by Crippen LogP contribution is -2.16. The molecule has 0 aliphatic carbocycles. The van der Waals surface area contributed by atoms with Gasteiger partial charge in [-0.15, -0.1) is 0 Å². The van der Waals surface area contributed by atoms with Crippen molar-refractivity contribution in [2.24, 2.45) is 5.92 Å². The van der Waals surface area contributed by atoms with Gasteiger partial charge in [0.05, 0.1) is 0 Å². The van der Waals surface area contributed by atoms with Crippen LogP contribution < -0.4 is 5.32 Å². The summed E-state index contributed by atoms with van der Waals surface area (Å²) in [4.78, 5) is 0. The standard InChI is InChI=1S/C11H18BrNS/c1-8(2)4-5-11(13-3)9-6-14-7-10(9)12/h6-8,11,13H,4-5H2,1-3H3. The van der Waals surface area contributed by atoms with Gasteiger partial charge in [0.1, 0.15) is 0 Å². The van der Waals surface area contributed by atoms with Gasteiger partial charge in [-0.3, -0.25) is 0 Å². The zero-order valence-electron chi connectivity index (χ0n) is 9.01. The predicted molar refractivity (Wildman–Crippen MR) is 67.9 cm³/mol. The van der Waals surface area contributed by atoms with E-state index in [4.69, 9.17) is 0 Å². The van der Waals surface area contributed by atoms with Crippen molar-refractivity contribution in [3.8, 4) is 0 Å². The van der Waals surface area contributed by atoms with Crippen LogP contribution in [0.15, 0.2) is 15.2 Å². The molecular weight excluding hydrogens is 258 g/mol. The van der Waals surface area contributed by atoms with Gasteiger partial charge in [-0.25, -0.2) is 0 Å². The van der Waals surface area contributed by atoms with Crippen LogP contribution in [0.5, 0.6) is 0 Å². The average Bonchev–Trinajstić information content (AvgIpc) is 2.53. The molecular formula is C11H18BrNS. The van der Waals surface area contributed by atoms with Crippen molar-refractivity contribution in [3.63, 3.8) is 0 Å². The summed E-state index contributed by atoms with van der Waals surface area (Å²) in [6, 6.07) is 0.498. The SMILES string of the molecule is CNC(CCC(C)C)c1cscc1Br. The maximum atomic E-state index is 3.59. The number of hydrogen-bond acceptors (Lipinski definition) is 2. The van der Waals surface area contributed by atoms with Gasteiger partial charge in [-0.05, 0) is 52.7 Å². The predicted octanol–water partition coefficient (Wildman–Crippen LogP) is 4.21. The summed E-state index contributed by atoms with van der Waals surface area (Å²) in [5.74, 6) is 0.781. The molecule has 0 aromatic carbocycles. The van der Waals surface area contributed by atoms with Crippen molar-refractivity contribution in [1.82, 2.24) is 5.32 Å². The average molecular weight is 276 g/mol. The van der Waals surface area contributed by atoms with Crippen molar-refractivity contribution in [1.29, 1.82) is 0 Å². The van der Waals surface area contributed by atoms with Gasteiger partial charge in [-0.2, -0.15) is 11.3 Å². The first-order chi connectivity index (χ1) is 6.65. The van der Waals surface area contributed by atoms with E-state index in [2.05, 4.69) is 45.9 Å². The van der Waals surface area contributed by atoms with E-state index in [0.717, 1.165) is 5.92 Å². The highest BCUT2D eigenvalue weighted by molar-refractivity contribution is 9.10. The molecule has 80 valence electrons. The Balaban J connectivity index is 2.58. The summed E-state index contributed by atoms with van der Waals surface area (Å²) in [7, 11) is 2.04. The third-order valence-electron chi connectivity index (χ3n) is 2.40. The Hall–Kier alpha value is 0.140. The van der Waals surface area contributed by atoms with Gasteiger partial charge >= 0.3 is 0 Å². The van der Waals surface area contributed by atoms with E-state index in [1.165, 1.54) is 22.9 Å². The molecule has 1 rings (SSSR count). The highest BCUT2D eigenvalue weighted by Crippen LogP contribution is 2.30. The van der Waals surface area contributed by atoms with E-state index in [-0.39, 0.29) is 0 Å². The number of thiophene rings is 1. The molecule has 1 aromatic heterocycles. The monoisotopic (exact) mass is 275 g/mol. The van der Waals surface area contributed by atoms with E-state index in [0.29, 0.717) is 6.04 Å². The fourth-order valence-electron chi connectivity index (χ4n) is 1.50. The zero-order chi connectivity index (χ0) is 10.6. The van der Waals surface area contributed by atoms with Crippen molar-refractivity contribution >= 4 is 27.3 Å². The molecule has 1 aromatic rings. The molecule has 0 spiro atoms. The third kappa shape index (κ3) is 3.37. The van der Waals surface area contributed by atoms with Crippen molar-refractivity contribution in [2.45, 2.75) is 32.7 Å². The van der Waals surface area contributed by atoms with E-state index in [1.807, 2.05) is 7.05 Å². The van der Waals surface area contributed by atoms with Crippen LogP contribution in [0.1, 0.15) is 38.3 Å². The second-order valence-corrected chi connectivity index (χ2v) is 5.59. The second-order valence-electron chi connectivity index (χ2n) is 3.99. The molecule has 0 saturated carbocycles. The van der Waals surface area contributed by atoms with Crippen molar-refractivity contribution < 1.29 is 0 Å². The molecule has 1 nitrogen and oxygen atoms in total. The molecule has 0 bridgehead atoms. The highest BCUT2D eigenvalue weighted by atomic mass is 79.9. The number of hydrogen-bond donors (Lipinski definition) is 1. The molecule has 0 aliphatic rings. The normalized spacial score (nSPS) is 13.5. The molecule has 1 N–H and O–H groups in total. The second kappa shape index (κ2) is 5.89. The van der Waals surface area contributed by atoms with Crippen molar-refractivity contribution in [2.75, 3.05) is 7.05 Å². The Labute approximate surface area is 99.0 Å². The van der Waals surface area contributed by atoms with Crippen molar-refractivity contribution in [3.05, 3.63) is 20.8 Å². The Morgan fingerprint density at radius 1 is 1.36 bits per heavy atom. The Kier molecular flexibility index (Phi) is 5.13. The molecule has 1 unspecified atom stereocenters. The minimum Gasteiger partial charge on any atom is -0.313 e. The molecule has 1 atom stereocenters. The van der Waals surface area contributed by atoms with E-state index in [9.17, 15) is 0 Å². The van der Waals surface area contributed by atoms with Gasteiger partial charge in [0, 0.05) is 15.9 Å². The number of halogens is 1. The minimum atomic E-state index is 0.498. The fourth-order valence-corrected chi connectivity index (χ4v) is 3.12. The topological polar surface area (TPSA) is 12.0 Å². The molecule has 3 heteroatoms. The Morgan fingerprint density at radius 3 is 2.50 bits per heavy atom. The molecule has 1 heterocycles. The summed E-state index contributed by atoms with van der Waals surface area (Å²) in [5, 5.41) is 7.75. The van der Waals surface area contributed by atoms with Gasteiger partial charge < -0.3 is 5.32 Å². The Morgan fingerprint density at radius 2 is 2.07 bits per heavy atom. The molecule has 0 aliphatic heterocycles. The molecule has 0 amide bonds. The summed E-state index contributed by atoms with van der Waals surface area (Å²) in [5.41, 5.74) is 1.40. The van der Waals surface area contributed by atoms with Crippen LogP contribution in [0, 0.1) is 5.92 Å². The number of rotatable bonds is 5. The van der Waals surface area contributed by atoms with Crippen LogP contribution in [-0.2, 0) is 0 Å². The van der Waals surface area contributed by atoms with Crippen LogP contribution >= 0.6 is 27.3 Å². The summed E-state index contributed by atoms with van der Waals surface area (Å²) in [6.07, 6.45) is 2.48. The fraction of sp³-hybridized carbons (Fsp3) is 0.636. The molecule has 0 radical (unpaired) electrons. The van der Waals surface area contributed by atoms with E-state index >= 15 is 0 Å². The first kappa shape index (κ1) is 12.2. The van der Waals surface area contributed by atoms with Crippen LogP contribution in [0.3, 0.4) is 0 Å². The smallest absolute Gasteiger partial charge is 0.0337 e. The number of nitrogens with one attached hydrogen (secondary N) is 1. The quantitative estimate of drug-likeness (QED) is 0.849. The lowest BCUT2D eigenvalue weighted by atomic mass is 10.00. The summed E-state index contributed by atoms with van der Waals surface area (Å²) in [6.45, 7) is 4.55. The highest BCUT2D eigenvalue weighted by Gasteiger charge is 2.13. The van der Waals surface area contributed by atoms with E-state index < -0.39 is 0 Å². The van der Waals surface area contributed by atoms with Crippen LogP contribution in [0.25, 0.3) is 0 Å². The third-order valence-corrected chi connectivity index (χ3v) is 4.15. The first-order valence-corrected chi connectivity index (χ1v) is 6.77. The minimum absolute atomic E-state index is 0.498. The molecule has 0 fully saturated rings. The molecule has 14 heavy (non-hydrogen) atoms. The van der Waals surface area contributed by atoms with Crippen LogP contribution in [0.2, 0.25) is 0 Å². The summed E-state index contributed by atoms with van der Waals surface area (Å²) >= 11 is 5.34.